The molecule has 4 heteroatoms. The Morgan fingerprint density at radius 3 is 2.68 bits per heavy atom. The molecular weight excluding hydrogens is 240 g/mol. The maximum Gasteiger partial charge on any atom is 0.236 e. The minimum absolute atomic E-state index is 0.0833. The summed E-state index contributed by atoms with van der Waals surface area (Å²) in [7, 11) is 1.81. The molecule has 1 aromatic rings. The first-order chi connectivity index (χ1) is 9.04. The fourth-order valence-corrected chi connectivity index (χ4v) is 1.70. The predicted octanol–water partition coefficient (Wildman–Crippen LogP) is 2.04. The van der Waals surface area contributed by atoms with E-state index in [1.165, 1.54) is 0 Å². The van der Waals surface area contributed by atoms with E-state index in [0.29, 0.717) is 25.7 Å². The number of hydrogen-bond acceptors (Lipinski definition) is 3. The van der Waals surface area contributed by atoms with Gasteiger partial charge in [0.15, 0.2) is 0 Å². The summed E-state index contributed by atoms with van der Waals surface area (Å²) in [6, 6.07) is 8.14. The number of carbonyl (C=O) groups excluding carboxylic acids is 1. The third-order valence-corrected chi connectivity index (χ3v) is 2.77. The molecule has 0 spiro atoms. The molecule has 0 unspecified atom stereocenters. The summed E-state index contributed by atoms with van der Waals surface area (Å²) in [5.74, 6) is 0.932. The third kappa shape index (κ3) is 5.30. The fourth-order valence-electron chi connectivity index (χ4n) is 1.70. The second-order valence-electron chi connectivity index (χ2n) is 4.83. The van der Waals surface area contributed by atoms with Gasteiger partial charge in [-0.3, -0.25) is 4.79 Å². The van der Waals surface area contributed by atoms with Crippen molar-refractivity contribution in [2.24, 2.45) is 0 Å². The zero-order chi connectivity index (χ0) is 14.3. The van der Waals surface area contributed by atoms with E-state index in [9.17, 15) is 4.79 Å². The number of ether oxygens (including phenoxy) is 1. The molecule has 0 aliphatic rings. The number of nitrogens with zero attached hydrogens (tertiary/aromatic N) is 1. The number of para-hydroxylation sites is 1. The fraction of sp³-hybridized carbons (Fsp3) is 0.533. The van der Waals surface area contributed by atoms with E-state index in [0.717, 1.165) is 11.3 Å². The Bertz CT molecular complexity index is 405. The lowest BCUT2D eigenvalue weighted by Crippen LogP contribution is -2.37. The highest BCUT2D eigenvalue weighted by atomic mass is 16.5. The Hall–Kier alpha value is -1.55. The van der Waals surface area contributed by atoms with E-state index in [1.54, 1.807) is 4.90 Å². The van der Waals surface area contributed by atoms with Gasteiger partial charge in [-0.2, -0.15) is 0 Å². The number of nitrogens with one attached hydrogen (secondary N) is 1. The molecule has 0 saturated heterocycles. The van der Waals surface area contributed by atoms with Crippen LogP contribution < -0.4 is 10.1 Å². The van der Waals surface area contributed by atoms with Gasteiger partial charge in [0.05, 0.1) is 13.2 Å². The molecule has 0 aliphatic carbocycles. The van der Waals surface area contributed by atoms with Crippen LogP contribution in [0.1, 0.15) is 26.3 Å². The van der Waals surface area contributed by atoms with Crippen LogP contribution in [0.25, 0.3) is 0 Å². The van der Waals surface area contributed by atoms with Gasteiger partial charge in [0.25, 0.3) is 0 Å². The Balaban J connectivity index is 2.60. The summed E-state index contributed by atoms with van der Waals surface area (Å²) in [6.07, 6.45) is 0. The molecule has 0 radical (unpaired) electrons. The molecule has 1 N–H and O–H groups in total. The number of likely N-dealkylation sites (N-methyl/N-ethyl adjacent to an activating group) is 1. The molecule has 0 aliphatic heterocycles. The molecule has 1 rings (SSSR count). The normalized spacial score (nSPS) is 10.6. The van der Waals surface area contributed by atoms with Crippen molar-refractivity contribution in [3.63, 3.8) is 0 Å². The summed E-state index contributed by atoms with van der Waals surface area (Å²) < 4.78 is 5.56. The van der Waals surface area contributed by atoms with Gasteiger partial charge in [-0.25, -0.2) is 0 Å². The van der Waals surface area contributed by atoms with Crippen LogP contribution in [-0.4, -0.2) is 37.0 Å². The molecule has 1 amide bonds. The lowest BCUT2D eigenvalue weighted by molar-refractivity contribution is -0.129. The van der Waals surface area contributed by atoms with E-state index in [4.69, 9.17) is 4.74 Å². The van der Waals surface area contributed by atoms with Gasteiger partial charge in [0.2, 0.25) is 5.91 Å². The second kappa shape index (κ2) is 7.79. The standard InChI is InChI=1S/C15H24N2O2/c1-5-19-14-9-7-6-8-13(14)11-17(4)15(18)10-16-12(2)3/h6-9,12,16H,5,10-11H2,1-4H3. The number of hydrogen-bond donors (Lipinski definition) is 1. The Morgan fingerprint density at radius 2 is 2.05 bits per heavy atom. The topological polar surface area (TPSA) is 41.6 Å². The van der Waals surface area contributed by atoms with E-state index in [-0.39, 0.29) is 5.91 Å². The van der Waals surface area contributed by atoms with Gasteiger partial charge >= 0.3 is 0 Å². The molecule has 0 heterocycles. The maximum atomic E-state index is 11.9. The SMILES string of the molecule is CCOc1ccccc1CN(C)C(=O)CNC(C)C. The first-order valence-electron chi connectivity index (χ1n) is 6.72. The number of benzene rings is 1. The van der Waals surface area contributed by atoms with Crippen molar-refractivity contribution in [2.75, 3.05) is 20.2 Å². The van der Waals surface area contributed by atoms with E-state index in [2.05, 4.69) is 5.32 Å². The van der Waals surface area contributed by atoms with Gasteiger partial charge in [0.1, 0.15) is 5.75 Å². The smallest absolute Gasteiger partial charge is 0.236 e. The van der Waals surface area contributed by atoms with Crippen LogP contribution in [0.4, 0.5) is 0 Å². The first-order valence-corrected chi connectivity index (χ1v) is 6.72. The third-order valence-electron chi connectivity index (χ3n) is 2.77. The molecule has 19 heavy (non-hydrogen) atoms. The van der Waals surface area contributed by atoms with Crippen molar-refractivity contribution in [3.05, 3.63) is 29.8 Å². The van der Waals surface area contributed by atoms with Crippen LogP contribution in [0.2, 0.25) is 0 Å². The molecule has 4 nitrogen and oxygen atoms in total. The monoisotopic (exact) mass is 264 g/mol. The molecule has 1 aromatic carbocycles. The summed E-state index contributed by atoms with van der Waals surface area (Å²) in [4.78, 5) is 13.7. The predicted molar refractivity (Wildman–Crippen MR) is 77.2 cm³/mol. The van der Waals surface area contributed by atoms with Crippen molar-refractivity contribution in [1.82, 2.24) is 10.2 Å². The Morgan fingerprint density at radius 1 is 1.37 bits per heavy atom. The van der Waals surface area contributed by atoms with Crippen LogP contribution in [0.15, 0.2) is 24.3 Å². The van der Waals surface area contributed by atoms with E-state index >= 15 is 0 Å². The number of rotatable bonds is 7. The van der Waals surface area contributed by atoms with Crippen LogP contribution >= 0.6 is 0 Å². The maximum absolute atomic E-state index is 11.9. The molecule has 0 fully saturated rings. The van der Waals surface area contributed by atoms with Crippen molar-refractivity contribution in [2.45, 2.75) is 33.4 Å². The van der Waals surface area contributed by atoms with Gasteiger partial charge < -0.3 is 15.0 Å². The van der Waals surface area contributed by atoms with Crippen molar-refractivity contribution in [1.29, 1.82) is 0 Å². The van der Waals surface area contributed by atoms with Crippen molar-refractivity contribution in [3.8, 4) is 5.75 Å². The lowest BCUT2D eigenvalue weighted by atomic mass is 10.2. The average molecular weight is 264 g/mol. The van der Waals surface area contributed by atoms with Gasteiger partial charge in [-0.15, -0.1) is 0 Å². The quantitative estimate of drug-likeness (QED) is 0.819. The molecule has 0 atom stereocenters. The van der Waals surface area contributed by atoms with Crippen LogP contribution in [-0.2, 0) is 11.3 Å². The minimum atomic E-state index is 0.0833. The van der Waals surface area contributed by atoms with E-state index < -0.39 is 0 Å². The van der Waals surface area contributed by atoms with E-state index in [1.807, 2.05) is 52.1 Å². The highest BCUT2D eigenvalue weighted by Crippen LogP contribution is 2.19. The summed E-state index contributed by atoms with van der Waals surface area (Å²) >= 11 is 0. The van der Waals surface area contributed by atoms with Crippen LogP contribution in [0, 0.1) is 0 Å². The van der Waals surface area contributed by atoms with Crippen molar-refractivity contribution < 1.29 is 9.53 Å². The molecule has 0 bridgehead atoms. The first kappa shape index (κ1) is 15.5. The molecular formula is C15H24N2O2. The zero-order valence-electron chi connectivity index (χ0n) is 12.3. The highest BCUT2D eigenvalue weighted by molar-refractivity contribution is 5.78. The highest BCUT2D eigenvalue weighted by Gasteiger charge is 2.11. The van der Waals surface area contributed by atoms with Crippen LogP contribution in [0.3, 0.4) is 0 Å². The Labute approximate surface area is 115 Å². The number of carbonyl (C=O) groups is 1. The zero-order valence-corrected chi connectivity index (χ0v) is 12.3. The van der Waals surface area contributed by atoms with Crippen molar-refractivity contribution >= 4 is 5.91 Å². The van der Waals surface area contributed by atoms with Gasteiger partial charge in [-0.05, 0) is 13.0 Å². The summed E-state index contributed by atoms with van der Waals surface area (Å²) in [5.41, 5.74) is 1.03. The molecule has 0 saturated carbocycles. The second-order valence-corrected chi connectivity index (χ2v) is 4.83. The molecule has 0 aromatic heterocycles. The summed E-state index contributed by atoms with van der Waals surface area (Å²) in [6.45, 7) is 7.57. The summed E-state index contributed by atoms with van der Waals surface area (Å²) in [5, 5.41) is 3.13. The minimum Gasteiger partial charge on any atom is -0.494 e. The molecule has 106 valence electrons. The van der Waals surface area contributed by atoms with Gasteiger partial charge in [0, 0.05) is 25.2 Å². The average Bonchev–Trinajstić information content (AvgIpc) is 2.38. The van der Waals surface area contributed by atoms with Gasteiger partial charge in [-0.1, -0.05) is 32.0 Å². The lowest BCUT2D eigenvalue weighted by Gasteiger charge is -2.20. The Kier molecular flexibility index (Phi) is 6.36. The van der Waals surface area contributed by atoms with Crippen LogP contribution in [0.5, 0.6) is 5.75 Å². The largest absolute Gasteiger partial charge is 0.494 e. The number of amides is 1.